The van der Waals surface area contributed by atoms with Gasteiger partial charge in [-0.05, 0) is 66.7 Å². The number of nitrogens with one attached hydrogen (secondary N) is 1. The normalized spacial score (nSPS) is 12.3. The van der Waals surface area contributed by atoms with Crippen molar-refractivity contribution in [2.75, 3.05) is 5.32 Å². The number of ether oxygens (including phenoxy) is 2. The Morgan fingerprint density at radius 3 is 1.82 bits per heavy atom. The number of hydrogen-bond acceptors (Lipinski definition) is 4. The molecule has 4 rings (SSSR count). The van der Waals surface area contributed by atoms with Gasteiger partial charge in [-0.3, -0.25) is 4.57 Å². The van der Waals surface area contributed by atoms with E-state index in [1.807, 2.05) is 0 Å². The van der Waals surface area contributed by atoms with Gasteiger partial charge >= 0.3 is 18.9 Å². The molecule has 0 saturated carbocycles. The lowest BCUT2D eigenvalue weighted by molar-refractivity contribution is -0.275. The summed E-state index contributed by atoms with van der Waals surface area (Å²) in [5, 5.41) is 13.7. The van der Waals surface area contributed by atoms with Gasteiger partial charge in [0.15, 0.2) is 0 Å². The van der Waals surface area contributed by atoms with Crippen molar-refractivity contribution in [2.45, 2.75) is 18.9 Å². The van der Waals surface area contributed by atoms with Crippen molar-refractivity contribution in [3.63, 3.8) is 0 Å². The highest BCUT2D eigenvalue weighted by molar-refractivity contribution is 5.77. The highest BCUT2D eigenvalue weighted by atomic mass is 19.4. The van der Waals surface area contributed by atoms with E-state index in [4.69, 9.17) is 0 Å². The SMILES string of the molecule is Oc1c(Nc2ccc(C(F)(F)F)cc2)cc(-c2cccc(OC(F)(F)F)c2)n1-c1ccc(OC(F)(F)F)cc1. The van der Waals surface area contributed by atoms with Gasteiger partial charge in [-0.2, -0.15) is 13.2 Å². The predicted molar refractivity (Wildman–Crippen MR) is 121 cm³/mol. The molecule has 0 aliphatic rings. The zero-order chi connectivity index (χ0) is 28.6. The van der Waals surface area contributed by atoms with Crippen LogP contribution in [0, 0.1) is 0 Å². The minimum Gasteiger partial charge on any atom is -0.493 e. The average Bonchev–Trinajstić information content (AvgIpc) is 3.13. The fourth-order valence-corrected chi connectivity index (χ4v) is 3.61. The summed E-state index contributed by atoms with van der Waals surface area (Å²) >= 11 is 0. The fourth-order valence-electron chi connectivity index (χ4n) is 3.61. The van der Waals surface area contributed by atoms with E-state index in [2.05, 4.69) is 14.8 Å². The van der Waals surface area contributed by atoms with Gasteiger partial charge in [0.05, 0.1) is 11.3 Å². The Hall–Kier alpha value is -4.49. The van der Waals surface area contributed by atoms with Crippen molar-refractivity contribution < 1.29 is 54.1 Å². The third-order valence-electron chi connectivity index (χ3n) is 5.16. The molecule has 0 saturated heterocycles. The summed E-state index contributed by atoms with van der Waals surface area (Å²) in [6, 6.07) is 14.0. The van der Waals surface area contributed by atoms with Crippen molar-refractivity contribution in [3.05, 3.63) is 84.4 Å². The van der Waals surface area contributed by atoms with Crippen molar-refractivity contribution in [1.29, 1.82) is 0 Å². The molecule has 3 aromatic carbocycles. The van der Waals surface area contributed by atoms with E-state index in [1.165, 1.54) is 18.2 Å². The Bertz CT molecular complexity index is 1440. The minimum absolute atomic E-state index is 0.0671. The molecule has 14 heteroatoms. The molecule has 39 heavy (non-hydrogen) atoms. The van der Waals surface area contributed by atoms with Gasteiger partial charge in [0, 0.05) is 16.9 Å². The molecule has 206 valence electrons. The Morgan fingerprint density at radius 1 is 0.667 bits per heavy atom. The van der Waals surface area contributed by atoms with Gasteiger partial charge in [0.25, 0.3) is 0 Å². The van der Waals surface area contributed by atoms with Gasteiger partial charge in [-0.25, -0.2) is 0 Å². The van der Waals surface area contributed by atoms with Crippen LogP contribution >= 0.6 is 0 Å². The number of halogens is 9. The lowest BCUT2D eigenvalue weighted by Gasteiger charge is -2.14. The van der Waals surface area contributed by atoms with Crippen molar-refractivity contribution in [3.8, 4) is 34.3 Å². The van der Waals surface area contributed by atoms with Crippen LogP contribution in [0.15, 0.2) is 78.9 Å². The number of rotatable bonds is 6. The topological polar surface area (TPSA) is 55.6 Å². The van der Waals surface area contributed by atoms with E-state index in [0.29, 0.717) is 0 Å². The van der Waals surface area contributed by atoms with Gasteiger partial charge in [-0.15, -0.1) is 26.3 Å². The highest BCUT2D eigenvalue weighted by Gasteiger charge is 2.32. The number of nitrogens with zero attached hydrogens (tertiary/aromatic N) is 1. The van der Waals surface area contributed by atoms with Crippen LogP contribution in [0.5, 0.6) is 17.4 Å². The first-order valence-corrected chi connectivity index (χ1v) is 10.7. The Morgan fingerprint density at radius 2 is 1.26 bits per heavy atom. The van der Waals surface area contributed by atoms with Crippen LogP contribution in [0.2, 0.25) is 0 Å². The van der Waals surface area contributed by atoms with Crippen LogP contribution in [0.25, 0.3) is 16.9 Å². The second kappa shape index (κ2) is 10.0. The van der Waals surface area contributed by atoms with E-state index >= 15 is 0 Å². The van der Waals surface area contributed by atoms with Crippen LogP contribution in [0.3, 0.4) is 0 Å². The summed E-state index contributed by atoms with van der Waals surface area (Å²) < 4.78 is 123. The maximum Gasteiger partial charge on any atom is 0.573 e. The van der Waals surface area contributed by atoms with E-state index in [9.17, 15) is 44.6 Å². The molecule has 0 aliphatic carbocycles. The number of benzene rings is 3. The maximum atomic E-state index is 12.9. The molecule has 0 unspecified atom stereocenters. The van der Waals surface area contributed by atoms with Gasteiger partial charge in [0.1, 0.15) is 17.2 Å². The van der Waals surface area contributed by atoms with Crippen LogP contribution < -0.4 is 14.8 Å². The number of alkyl halides is 9. The lowest BCUT2D eigenvalue weighted by Crippen LogP contribution is -2.17. The summed E-state index contributed by atoms with van der Waals surface area (Å²) in [6.45, 7) is 0. The van der Waals surface area contributed by atoms with Crippen LogP contribution in [0.1, 0.15) is 5.56 Å². The van der Waals surface area contributed by atoms with E-state index in [1.54, 1.807) is 0 Å². The molecule has 0 fully saturated rings. The summed E-state index contributed by atoms with van der Waals surface area (Å²) in [7, 11) is 0. The van der Waals surface area contributed by atoms with Gasteiger partial charge < -0.3 is 19.9 Å². The first-order chi connectivity index (χ1) is 18.1. The Balaban J connectivity index is 1.77. The van der Waals surface area contributed by atoms with E-state index in [-0.39, 0.29) is 28.3 Å². The molecule has 0 aliphatic heterocycles. The van der Waals surface area contributed by atoms with Gasteiger partial charge in [-0.1, -0.05) is 12.1 Å². The van der Waals surface area contributed by atoms with Crippen LogP contribution in [0.4, 0.5) is 50.9 Å². The second-order valence-electron chi connectivity index (χ2n) is 7.92. The molecule has 2 N–H and O–H groups in total. The molecule has 4 aromatic rings. The van der Waals surface area contributed by atoms with Crippen LogP contribution in [-0.4, -0.2) is 22.4 Å². The summed E-state index contributed by atoms with van der Waals surface area (Å²) in [5.41, 5.74) is -0.604. The zero-order valence-electron chi connectivity index (χ0n) is 19.1. The summed E-state index contributed by atoms with van der Waals surface area (Å²) in [6.07, 6.45) is -14.5. The van der Waals surface area contributed by atoms with Crippen molar-refractivity contribution in [1.82, 2.24) is 4.57 Å². The van der Waals surface area contributed by atoms with Gasteiger partial charge in [0.2, 0.25) is 5.88 Å². The molecular formula is C25H15F9N2O3. The number of aromatic nitrogens is 1. The third kappa shape index (κ3) is 6.89. The number of aromatic hydroxyl groups is 1. The molecule has 0 amide bonds. The van der Waals surface area contributed by atoms with E-state index < -0.39 is 41.8 Å². The predicted octanol–water partition coefficient (Wildman–Crippen LogP) is 8.41. The third-order valence-corrected chi connectivity index (χ3v) is 5.16. The molecule has 0 spiro atoms. The average molecular weight is 562 g/mol. The van der Waals surface area contributed by atoms with Crippen molar-refractivity contribution >= 4 is 11.4 Å². The fraction of sp³-hybridized carbons (Fsp3) is 0.120. The quantitative estimate of drug-likeness (QED) is 0.232. The first-order valence-electron chi connectivity index (χ1n) is 10.7. The number of anilines is 2. The lowest BCUT2D eigenvalue weighted by atomic mass is 10.1. The number of hydrogen-bond donors (Lipinski definition) is 2. The standard InChI is InChI=1S/C25H15F9N2O3/c26-23(27,28)15-4-6-16(7-5-15)35-20-13-21(14-2-1-3-19(12-14)39-25(32,33)34)36(22(20)37)17-8-10-18(11-9-17)38-24(29,30)31/h1-13,35,37H. The molecule has 1 aromatic heterocycles. The monoisotopic (exact) mass is 562 g/mol. The minimum atomic E-state index is -4.99. The molecule has 0 radical (unpaired) electrons. The second-order valence-corrected chi connectivity index (χ2v) is 7.92. The molecule has 1 heterocycles. The maximum absolute atomic E-state index is 12.9. The van der Waals surface area contributed by atoms with Crippen molar-refractivity contribution in [2.24, 2.45) is 0 Å². The molecule has 0 bridgehead atoms. The van der Waals surface area contributed by atoms with E-state index in [0.717, 1.165) is 65.2 Å². The highest BCUT2D eigenvalue weighted by Crippen LogP contribution is 2.41. The molecule has 5 nitrogen and oxygen atoms in total. The summed E-state index contributed by atoms with van der Waals surface area (Å²) in [4.78, 5) is 0. The van der Waals surface area contributed by atoms with Crippen LogP contribution in [-0.2, 0) is 6.18 Å². The zero-order valence-corrected chi connectivity index (χ0v) is 19.1. The first kappa shape index (κ1) is 27.5. The summed E-state index contributed by atoms with van der Waals surface area (Å²) in [5.74, 6) is -1.70. The largest absolute Gasteiger partial charge is 0.573 e. The Kier molecular flexibility index (Phi) is 7.06. The molecule has 0 atom stereocenters. The Labute approximate surface area is 213 Å². The molecular weight excluding hydrogens is 547 g/mol. The smallest absolute Gasteiger partial charge is 0.493 e.